The fourth-order valence-electron chi connectivity index (χ4n) is 3.79. The number of sulfonamides is 1. The van der Waals surface area contributed by atoms with Crippen LogP contribution in [0.25, 0.3) is 0 Å². The number of benzene rings is 1. The lowest BCUT2D eigenvalue weighted by Crippen LogP contribution is -2.56. The van der Waals surface area contributed by atoms with E-state index in [-0.39, 0.29) is 17.2 Å². The topological polar surface area (TPSA) is 151 Å². The largest absolute Gasteiger partial charge is 0.461 e. The third kappa shape index (κ3) is 7.31. The molecule has 2 amide bonds. The Balaban J connectivity index is 2.05. The first kappa shape index (κ1) is 30.4. The third-order valence-corrected chi connectivity index (χ3v) is 9.09. The smallest absolute Gasteiger partial charge is 0.414 e. The molecule has 1 aliphatic heterocycles. The molecule has 0 unspecified atom stereocenters. The SMILES string of the molecule is Cc1c[nH]nc1S(=O)(=O)N(C(=O)[C@H]1NC(C)(C)CS1)[C@@H](Cc1ccc(OC(=O)N(C)C)cc1)C(=O)OC(C)C. The van der Waals surface area contributed by atoms with Crippen LogP contribution in [0.2, 0.25) is 0 Å². The number of esters is 1. The lowest BCUT2D eigenvalue weighted by Gasteiger charge is -2.32. The van der Waals surface area contributed by atoms with Crippen molar-refractivity contribution < 1.29 is 32.3 Å². The Hall–Kier alpha value is -3.10. The normalized spacial score (nSPS) is 17.5. The first-order chi connectivity index (χ1) is 18.1. The highest BCUT2D eigenvalue weighted by atomic mass is 32.2. The second-order valence-corrected chi connectivity index (χ2v) is 13.2. The lowest BCUT2D eigenvalue weighted by molar-refractivity contribution is -0.155. The summed E-state index contributed by atoms with van der Waals surface area (Å²) >= 11 is 1.26. The molecule has 1 saturated heterocycles. The predicted octanol–water partition coefficient (Wildman–Crippen LogP) is 2.30. The van der Waals surface area contributed by atoms with Gasteiger partial charge in [0.25, 0.3) is 15.9 Å². The number of hydrogen-bond donors (Lipinski definition) is 2. The molecule has 0 spiro atoms. The zero-order valence-corrected chi connectivity index (χ0v) is 24.7. The summed E-state index contributed by atoms with van der Waals surface area (Å²) in [5.41, 5.74) is 0.392. The molecule has 3 rings (SSSR count). The average molecular weight is 582 g/mol. The number of carbonyl (C=O) groups excluding carboxylic acids is 3. The summed E-state index contributed by atoms with van der Waals surface area (Å²) in [5, 5.41) is 8.27. The number of thioether (sulfide) groups is 1. The third-order valence-electron chi connectivity index (χ3n) is 5.69. The van der Waals surface area contributed by atoms with Crippen molar-refractivity contribution in [3.8, 4) is 5.75 Å². The number of H-pyrrole nitrogens is 1. The van der Waals surface area contributed by atoms with Gasteiger partial charge in [-0.25, -0.2) is 13.9 Å². The Kier molecular flexibility index (Phi) is 9.34. The van der Waals surface area contributed by atoms with Gasteiger partial charge >= 0.3 is 12.1 Å². The van der Waals surface area contributed by atoms with Gasteiger partial charge in [0.1, 0.15) is 17.2 Å². The summed E-state index contributed by atoms with van der Waals surface area (Å²) in [6.45, 7) is 8.62. The molecule has 0 saturated carbocycles. The molecule has 0 aliphatic carbocycles. The van der Waals surface area contributed by atoms with E-state index in [0.29, 0.717) is 21.2 Å². The number of hydrogen-bond acceptors (Lipinski definition) is 10. The number of aromatic amines is 1. The Morgan fingerprint density at radius 3 is 2.31 bits per heavy atom. The fraction of sp³-hybridized carbons (Fsp3) is 0.520. The van der Waals surface area contributed by atoms with Gasteiger partial charge in [0.05, 0.1) is 6.10 Å². The van der Waals surface area contributed by atoms with E-state index >= 15 is 0 Å². The number of nitrogens with one attached hydrogen (secondary N) is 2. The molecule has 1 aromatic heterocycles. The number of aryl methyl sites for hydroxylation is 1. The number of ether oxygens (including phenoxy) is 2. The van der Waals surface area contributed by atoms with E-state index in [1.165, 1.54) is 35.0 Å². The van der Waals surface area contributed by atoms with Crippen molar-refractivity contribution in [3.05, 3.63) is 41.6 Å². The molecule has 1 fully saturated rings. The summed E-state index contributed by atoms with van der Waals surface area (Å²) in [4.78, 5) is 40.5. The molecule has 0 radical (unpaired) electrons. The molecule has 2 N–H and O–H groups in total. The molecule has 2 atom stereocenters. The standard InChI is InChI=1S/C25H35N5O7S2/c1-15(2)36-23(32)19(12-17-8-10-18(11-9-17)37-24(33)29(6)7)30(22(31)20-27-25(4,5)14-38-20)39(34,35)21-16(3)13-26-28-21/h8-11,13,15,19-20,27H,12,14H2,1-7H3,(H,26,28)/t19-,20-/m0/s1. The summed E-state index contributed by atoms with van der Waals surface area (Å²) in [5.74, 6) is -0.844. The van der Waals surface area contributed by atoms with Crippen molar-refractivity contribution in [1.82, 2.24) is 24.7 Å². The van der Waals surface area contributed by atoms with E-state index in [1.807, 2.05) is 13.8 Å². The minimum absolute atomic E-state index is 0.178. The van der Waals surface area contributed by atoms with Gasteiger partial charge in [-0.2, -0.15) is 13.5 Å². The molecule has 39 heavy (non-hydrogen) atoms. The maximum Gasteiger partial charge on any atom is 0.414 e. The van der Waals surface area contributed by atoms with E-state index in [1.54, 1.807) is 47.0 Å². The summed E-state index contributed by atoms with van der Waals surface area (Å²) < 4.78 is 39.2. The van der Waals surface area contributed by atoms with E-state index in [2.05, 4.69) is 15.5 Å². The van der Waals surface area contributed by atoms with E-state index in [4.69, 9.17) is 9.47 Å². The van der Waals surface area contributed by atoms with Crippen LogP contribution >= 0.6 is 11.8 Å². The van der Waals surface area contributed by atoms with Gasteiger partial charge in [-0.15, -0.1) is 11.8 Å². The van der Waals surface area contributed by atoms with Crippen molar-refractivity contribution in [2.24, 2.45) is 0 Å². The lowest BCUT2D eigenvalue weighted by atomic mass is 10.1. The van der Waals surface area contributed by atoms with Crippen LogP contribution in [-0.4, -0.2) is 88.7 Å². The van der Waals surface area contributed by atoms with Crippen molar-refractivity contribution in [3.63, 3.8) is 0 Å². The monoisotopic (exact) mass is 581 g/mol. The number of rotatable bonds is 9. The summed E-state index contributed by atoms with van der Waals surface area (Å²) in [6, 6.07) is 4.71. The van der Waals surface area contributed by atoms with E-state index in [0.717, 1.165) is 0 Å². The van der Waals surface area contributed by atoms with E-state index in [9.17, 15) is 22.8 Å². The number of aromatic nitrogens is 2. The van der Waals surface area contributed by atoms with Crippen LogP contribution in [0.1, 0.15) is 38.8 Å². The average Bonchev–Trinajstić information content (AvgIpc) is 3.44. The molecular formula is C25H35N5O7S2. The first-order valence-electron chi connectivity index (χ1n) is 12.3. The van der Waals surface area contributed by atoms with Gasteiger partial charge < -0.3 is 14.4 Å². The Morgan fingerprint density at radius 1 is 1.18 bits per heavy atom. The number of carbonyl (C=O) groups is 3. The van der Waals surface area contributed by atoms with Crippen LogP contribution in [-0.2, 0) is 30.8 Å². The summed E-state index contributed by atoms with van der Waals surface area (Å²) in [6.07, 6.45) is 0.0967. The Morgan fingerprint density at radius 2 is 1.82 bits per heavy atom. The highest BCUT2D eigenvalue weighted by Gasteiger charge is 2.47. The van der Waals surface area contributed by atoms with Gasteiger partial charge in [0, 0.05) is 43.6 Å². The molecule has 0 bridgehead atoms. The zero-order valence-electron chi connectivity index (χ0n) is 23.0. The number of amides is 2. The van der Waals surface area contributed by atoms with Gasteiger partial charge in [-0.3, -0.25) is 15.2 Å². The zero-order chi connectivity index (χ0) is 29.1. The highest BCUT2D eigenvalue weighted by molar-refractivity contribution is 8.01. The van der Waals surface area contributed by atoms with Crippen molar-refractivity contribution in [2.45, 2.75) is 69.1 Å². The summed E-state index contributed by atoms with van der Waals surface area (Å²) in [7, 11) is -1.49. The molecule has 214 valence electrons. The Labute approximate surface area is 232 Å². The fourth-order valence-corrected chi connectivity index (χ4v) is 6.84. The van der Waals surface area contributed by atoms with Gasteiger partial charge in [-0.1, -0.05) is 12.1 Å². The van der Waals surface area contributed by atoms with Crippen LogP contribution in [0.3, 0.4) is 0 Å². The minimum Gasteiger partial charge on any atom is -0.461 e. The maximum atomic E-state index is 14.0. The van der Waals surface area contributed by atoms with Crippen LogP contribution in [0, 0.1) is 6.92 Å². The quantitative estimate of drug-likeness (QED) is 0.422. The molecular weight excluding hydrogens is 546 g/mol. The second-order valence-electron chi connectivity index (χ2n) is 10.3. The van der Waals surface area contributed by atoms with Crippen LogP contribution in [0.15, 0.2) is 35.5 Å². The van der Waals surface area contributed by atoms with Gasteiger partial charge in [0.15, 0.2) is 5.03 Å². The maximum absolute atomic E-state index is 14.0. The van der Waals surface area contributed by atoms with E-state index < -0.39 is 51.1 Å². The molecule has 1 aromatic carbocycles. The minimum atomic E-state index is -4.58. The van der Waals surface area contributed by atoms with Crippen molar-refractivity contribution >= 4 is 39.8 Å². The Bertz CT molecular complexity index is 1310. The van der Waals surface area contributed by atoms with Crippen LogP contribution in [0.5, 0.6) is 5.75 Å². The van der Waals surface area contributed by atoms with Crippen molar-refractivity contribution in [1.29, 1.82) is 0 Å². The first-order valence-corrected chi connectivity index (χ1v) is 14.8. The van der Waals surface area contributed by atoms with Crippen molar-refractivity contribution in [2.75, 3.05) is 19.8 Å². The molecule has 12 nitrogen and oxygen atoms in total. The van der Waals surface area contributed by atoms with Gasteiger partial charge in [-0.05, 0) is 52.3 Å². The highest BCUT2D eigenvalue weighted by Crippen LogP contribution is 2.31. The van der Waals surface area contributed by atoms with Crippen LogP contribution in [0.4, 0.5) is 4.79 Å². The second kappa shape index (κ2) is 12.0. The van der Waals surface area contributed by atoms with Gasteiger partial charge in [0.2, 0.25) is 0 Å². The molecule has 2 heterocycles. The molecule has 1 aliphatic rings. The predicted molar refractivity (Wildman–Crippen MR) is 146 cm³/mol. The van der Waals surface area contributed by atoms with Crippen LogP contribution < -0.4 is 10.1 Å². The molecule has 2 aromatic rings. The number of nitrogens with zero attached hydrogens (tertiary/aromatic N) is 3. The molecule has 14 heteroatoms.